The van der Waals surface area contributed by atoms with Crippen LogP contribution in [0.1, 0.15) is 57.5 Å². The van der Waals surface area contributed by atoms with Crippen LogP contribution in [0.4, 0.5) is 0 Å². The molecule has 2 aromatic rings. The molecule has 0 saturated heterocycles. The lowest BCUT2D eigenvalue weighted by Crippen LogP contribution is -2.14. The van der Waals surface area contributed by atoms with Gasteiger partial charge in [0.25, 0.3) is 5.89 Å². The lowest BCUT2D eigenvalue weighted by Gasteiger charge is -2.13. The Bertz CT molecular complexity index is 749. The van der Waals surface area contributed by atoms with Crippen LogP contribution in [-0.4, -0.2) is 30.3 Å². The Balaban J connectivity index is 1.96. The normalized spacial score (nSPS) is 12.5. The zero-order chi connectivity index (χ0) is 19.3. The first-order valence-corrected chi connectivity index (χ1v) is 8.49. The molecule has 0 fully saturated rings. The van der Waals surface area contributed by atoms with Gasteiger partial charge in [0.15, 0.2) is 23.4 Å². The summed E-state index contributed by atoms with van der Waals surface area (Å²) >= 11 is 0. The van der Waals surface area contributed by atoms with E-state index in [-0.39, 0.29) is 17.8 Å². The Labute approximate surface area is 153 Å². The van der Waals surface area contributed by atoms with E-state index in [9.17, 15) is 4.79 Å². The van der Waals surface area contributed by atoms with Crippen LogP contribution in [0.3, 0.4) is 0 Å². The Morgan fingerprint density at radius 3 is 2.54 bits per heavy atom. The monoisotopic (exact) mass is 362 g/mol. The van der Waals surface area contributed by atoms with E-state index < -0.39 is 6.10 Å². The molecular formula is C19H26N2O5. The zero-order valence-electron chi connectivity index (χ0n) is 16.2. The lowest BCUT2D eigenvalue weighted by molar-refractivity contribution is -0.149. The summed E-state index contributed by atoms with van der Waals surface area (Å²) in [6.45, 7) is 7.67. The van der Waals surface area contributed by atoms with E-state index in [0.717, 1.165) is 5.56 Å². The molecule has 1 aromatic carbocycles. The van der Waals surface area contributed by atoms with E-state index in [2.05, 4.69) is 10.1 Å². The number of aryl methyl sites for hydroxylation is 1. The van der Waals surface area contributed by atoms with Gasteiger partial charge in [-0.1, -0.05) is 38.1 Å². The van der Waals surface area contributed by atoms with Crippen molar-refractivity contribution >= 4 is 5.97 Å². The summed E-state index contributed by atoms with van der Waals surface area (Å²) in [7, 11) is 3.15. The third kappa shape index (κ3) is 4.74. The highest BCUT2D eigenvalue weighted by Crippen LogP contribution is 2.31. The number of carbonyl (C=O) groups is 1. The van der Waals surface area contributed by atoms with Crippen molar-refractivity contribution in [3.63, 3.8) is 0 Å². The van der Waals surface area contributed by atoms with E-state index in [4.69, 9.17) is 18.7 Å². The van der Waals surface area contributed by atoms with Gasteiger partial charge in [-0.05, 0) is 25.0 Å². The number of ether oxygens (including phenoxy) is 3. The van der Waals surface area contributed by atoms with Crippen molar-refractivity contribution in [3.05, 3.63) is 35.5 Å². The molecule has 26 heavy (non-hydrogen) atoms. The van der Waals surface area contributed by atoms with Crippen LogP contribution >= 0.6 is 0 Å². The van der Waals surface area contributed by atoms with Crippen LogP contribution in [-0.2, 0) is 21.4 Å². The molecule has 0 aliphatic heterocycles. The van der Waals surface area contributed by atoms with Gasteiger partial charge in [-0.25, -0.2) is 0 Å². The highest BCUT2D eigenvalue weighted by Gasteiger charge is 2.24. The summed E-state index contributed by atoms with van der Waals surface area (Å²) in [6, 6.07) is 5.56. The molecule has 0 radical (unpaired) electrons. The van der Waals surface area contributed by atoms with Gasteiger partial charge < -0.3 is 18.7 Å². The van der Waals surface area contributed by atoms with E-state index in [0.29, 0.717) is 29.6 Å². The number of aromatic nitrogens is 2. The minimum Gasteiger partial charge on any atom is -0.493 e. The molecule has 0 spiro atoms. The topological polar surface area (TPSA) is 83.7 Å². The van der Waals surface area contributed by atoms with Gasteiger partial charge in [-0.3, -0.25) is 4.79 Å². The van der Waals surface area contributed by atoms with Gasteiger partial charge in [0.1, 0.15) is 0 Å². The van der Waals surface area contributed by atoms with Gasteiger partial charge in [0.05, 0.1) is 14.2 Å². The van der Waals surface area contributed by atoms with Crippen molar-refractivity contribution in [2.75, 3.05) is 14.2 Å². The summed E-state index contributed by atoms with van der Waals surface area (Å²) in [4.78, 5) is 16.5. The number of para-hydroxylation sites is 1. The molecule has 2 rings (SSSR count). The highest BCUT2D eigenvalue weighted by atomic mass is 16.6. The van der Waals surface area contributed by atoms with Gasteiger partial charge in [0.2, 0.25) is 0 Å². The average Bonchev–Trinajstić information content (AvgIpc) is 3.10. The summed E-state index contributed by atoms with van der Waals surface area (Å²) in [5.41, 5.74) is 0.651. The molecule has 0 bridgehead atoms. The summed E-state index contributed by atoms with van der Waals surface area (Å²) in [5.74, 6) is 1.78. The Morgan fingerprint density at radius 1 is 1.23 bits per heavy atom. The third-order valence-corrected chi connectivity index (χ3v) is 3.85. The van der Waals surface area contributed by atoms with Crippen LogP contribution in [0.25, 0.3) is 0 Å². The highest BCUT2D eigenvalue weighted by molar-refractivity contribution is 5.70. The molecule has 0 aliphatic carbocycles. The maximum atomic E-state index is 12.2. The molecule has 7 nitrogen and oxygen atoms in total. The predicted octanol–water partition coefficient (Wildman–Crippen LogP) is 3.62. The molecule has 0 aliphatic rings. The minimum absolute atomic E-state index is 0.203. The minimum atomic E-state index is -0.599. The van der Waals surface area contributed by atoms with Crippen molar-refractivity contribution in [2.45, 2.75) is 52.1 Å². The second-order valence-electron chi connectivity index (χ2n) is 6.99. The Morgan fingerprint density at radius 2 is 1.96 bits per heavy atom. The van der Waals surface area contributed by atoms with Crippen molar-refractivity contribution in [1.82, 2.24) is 10.1 Å². The van der Waals surface area contributed by atoms with Crippen LogP contribution in [0.15, 0.2) is 22.7 Å². The van der Waals surface area contributed by atoms with Crippen LogP contribution in [0, 0.1) is 0 Å². The number of nitrogens with zero attached hydrogens (tertiary/aromatic N) is 2. The lowest BCUT2D eigenvalue weighted by atomic mass is 9.96. The molecule has 7 heteroatoms. The van der Waals surface area contributed by atoms with Crippen molar-refractivity contribution < 1.29 is 23.5 Å². The van der Waals surface area contributed by atoms with Crippen LogP contribution in [0.5, 0.6) is 11.5 Å². The number of benzene rings is 1. The molecule has 1 heterocycles. The van der Waals surface area contributed by atoms with E-state index in [1.807, 2.05) is 39.0 Å². The number of esters is 1. The quantitative estimate of drug-likeness (QED) is 0.696. The van der Waals surface area contributed by atoms with E-state index in [1.165, 1.54) is 0 Å². The van der Waals surface area contributed by atoms with Crippen molar-refractivity contribution in [2.24, 2.45) is 0 Å². The van der Waals surface area contributed by atoms with Gasteiger partial charge in [0, 0.05) is 11.8 Å². The van der Waals surface area contributed by atoms with Crippen LogP contribution < -0.4 is 9.47 Å². The predicted molar refractivity (Wildman–Crippen MR) is 95.4 cm³/mol. The fourth-order valence-electron chi connectivity index (χ4n) is 2.40. The standard InChI is InChI=1S/C19H26N2O5/c1-12(17-20-18(21-26-17)19(2,3)4)25-15(22)11-10-13-8-7-9-14(23-5)16(13)24-6/h7-9,12H,10-11H2,1-6H3. The van der Waals surface area contributed by atoms with E-state index in [1.54, 1.807) is 21.1 Å². The van der Waals surface area contributed by atoms with E-state index >= 15 is 0 Å². The summed E-state index contributed by atoms with van der Waals surface area (Å²) < 4.78 is 21.3. The third-order valence-electron chi connectivity index (χ3n) is 3.85. The molecule has 0 N–H and O–H groups in total. The number of rotatable bonds is 7. The van der Waals surface area contributed by atoms with Gasteiger partial charge >= 0.3 is 5.97 Å². The number of methoxy groups -OCH3 is 2. The molecule has 1 atom stereocenters. The largest absolute Gasteiger partial charge is 0.493 e. The SMILES string of the molecule is COc1cccc(CCC(=O)OC(C)c2nc(C(C)(C)C)no2)c1OC. The summed E-state index contributed by atoms with van der Waals surface area (Å²) in [6.07, 6.45) is 0.0789. The fraction of sp³-hybridized carbons (Fsp3) is 0.526. The molecule has 1 unspecified atom stereocenters. The van der Waals surface area contributed by atoms with Crippen molar-refractivity contribution in [1.29, 1.82) is 0 Å². The second kappa shape index (κ2) is 8.21. The molecule has 0 amide bonds. The molecule has 142 valence electrons. The van der Waals surface area contributed by atoms with Crippen LogP contribution in [0.2, 0.25) is 0 Å². The smallest absolute Gasteiger partial charge is 0.306 e. The van der Waals surface area contributed by atoms with Crippen molar-refractivity contribution in [3.8, 4) is 11.5 Å². The maximum Gasteiger partial charge on any atom is 0.306 e. The van der Waals surface area contributed by atoms with Gasteiger partial charge in [-0.15, -0.1) is 0 Å². The number of carbonyl (C=O) groups excluding carboxylic acids is 1. The second-order valence-corrected chi connectivity index (χ2v) is 6.99. The fourth-order valence-corrected chi connectivity index (χ4v) is 2.40. The Hall–Kier alpha value is -2.57. The first kappa shape index (κ1) is 19.8. The van der Waals surface area contributed by atoms with Gasteiger partial charge in [-0.2, -0.15) is 4.98 Å². The molecule has 1 aromatic heterocycles. The zero-order valence-corrected chi connectivity index (χ0v) is 16.2. The Kier molecular flexibility index (Phi) is 6.23. The average molecular weight is 362 g/mol. The number of hydrogen-bond acceptors (Lipinski definition) is 7. The number of hydrogen-bond donors (Lipinski definition) is 0. The molecule has 0 saturated carbocycles. The molecular weight excluding hydrogens is 336 g/mol. The first-order chi connectivity index (χ1) is 12.3. The summed E-state index contributed by atoms with van der Waals surface area (Å²) in [5, 5.41) is 3.94. The first-order valence-electron chi connectivity index (χ1n) is 8.49. The maximum absolute atomic E-state index is 12.2.